The molecule has 1 fully saturated rings. The molecule has 2 radical (unpaired) electrons. The summed E-state index contributed by atoms with van der Waals surface area (Å²) >= 11 is 0. The van der Waals surface area contributed by atoms with Crippen LogP contribution in [-0.2, 0) is 19.1 Å². The second-order valence-corrected chi connectivity index (χ2v) is 4.45. The number of nitrogens with two attached hydrogens (primary N) is 1. The number of ketones is 1. The Bertz CT molecular complexity index is 274. The number of hydrogen-bond acceptors (Lipinski definition) is 5. The molecule has 0 aliphatic carbocycles. The molecule has 0 bridgehead atoms. The molecular weight excluding hydrogens is 221 g/mol. The molecule has 0 saturated carbocycles. The fourth-order valence-corrected chi connectivity index (χ4v) is 1.82. The predicted molar refractivity (Wildman–Crippen MR) is 62.7 cm³/mol. The van der Waals surface area contributed by atoms with Crippen molar-refractivity contribution in [2.75, 3.05) is 13.2 Å². The molecule has 1 heterocycles. The number of carbonyl (C=O) groups is 2. The Balaban J connectivity index is 2.22. The topological polar surface area (TPSA) is 78.6 Å². The first-order valence-corrected chi connectivity index (χ1v) is 5.72. The van der Waals surface area contributed by atoms with Gasteiger partial charge in [-0.3, -0.25) is 0 Å². The van der Waals surface area contributed by atoms with Gasteiger partial charge in [-0.2, -0.15) is 0 Å². The number of ether oxygens (including phenoxy) is 2. The quantitative estimate of drug-likeness (QED) is 0.474. The van der Waals surface area contributed by atoms with Crippen LogP contribution in [0, 0.1) is 5.92 Å². The van der Waals surface area contributed by atoms with Gasteiger partial charge in [0.05, 0.1) is 19.3 Å². The lowest BCUT2D eigenvalue weighted by molar-refractivity contribution is -0.123. The van der Waals surface area contributed by atoms with Crippen LogP contribution < -0.4 is 5.73 Å². The number of aldehydes is 1. The van der Waals surface area contributed by atoms with Gasteiger partial charge in [-0.25, -0.2) is 0 Å². The molecule has 0 aromatic rings. The van der Waals surface area contributed by atoms with E-state index < -0.39 is 0 Å². The zero-order valence-electron chi connectivity index (χ0n) is 10.0. The number of carbonyl (C=O) groups excluding carboxylic acids is 2. The van der Waals surface area contributed by atoms with Crippen molar-refractivity contribution in [1.82, 2.24) is 0 Å². The molecule has 1 saturated heterocycles. The van der Waals surface area contributed by atoms with Crippen molar-refractivity contribution in [1.29, 1.82) is 0 Å². The molecule has 94 valence electrons. The third-order valence-electron chi connectivity index (χ3n) is 2.69. The summed E-state index contributed by atoms with van der Waals surface area (Å²) in [4.78, 5) is 21.5. The third kappa shape index (κ3) is 4.98. The van der Waals surface area contributed by atoms with E-state index in [2.05, 4.69) is 0 Å². The summed E-state index contributed by atoms with van der Waals surface area (Å²) in [5.74, 6) is -0.416. The minimum absolute atomic E-state index is 0.0264. The van der Waals surface area contributed by atoms with Crippen LogP contribution in [0.15, 0.2) is 0 Å². The van der Waals surface area contributed by atoms with Gasteiger partial charge in [0, 0.05) is 24.4 Å². The Kier molecular flexibility index (Phi) is 5.81. The van der Waals surface area contributed by atoms with E-state index >= 15 is 0 Å². The molecule has 1 aliphatic heterocycles. The molecule has 2 N–H and O–H groups in total. The predicted octanol–water partition coefficient (Wildman–Crippen LogP) is -0.592. The van der Waals surface area contributed by atoms with E-state index in [4.69, 9.17) is 23.1 Å². The van der Waals surface area contributed by atoms with Gasteiger partial charge in [-0.15, -0.1) is 0 Å². The Labute approximate surface area is 102 Å². The van der Waals surface area contributed by atoms with Crippen molar-refractivity contribution in [2.24, 2.45) is 11.7 Å². The van der Waals surface area contributed by atoms with Gasteiger partial charge < -0.3 is 24.8 Å². The summed E-state index contributed by atoms with van der Waals surface area (Å²) in [6, 6.07) is -0.467. The van der Waals surface area contributed by atoms with E-state index in [1.165, 1.54) is 6.92 Å². The fourth-order valence-electron chi connectivity index (χ4n) is 1.82. The first-order chi connectivity index (χ1) is 8.02. The van der Waals surface area contributed by atoms with Crippen LogP contribution in [0.25, 0.3) is 0 Å². The molecule has 6 heteroatoms. The highest BCUT2D eigenvalue weighted by atomic mass is 16.5. The van der Waals surface area contributed by atoms with Crippen molar-refractivity contribution < 1.29 is 19.1 Å². The highest BCUT2D eigenvalue weighted by Gasteiger charge is 2.29. The lowest BCUT2D eigenvalue weighted by Crippen LogP contribution is -2.34. The maximum absolute atomic E-state index is 10.9. The molecule has 0 aromatic heterocycles. The molecule has 5 nitrogen and oxygen atoms in total. The highest BCUT2D eigenvalue weighted by Crippen LogP contribution is 2.17. The minimum atomic E-state index is -0.390. The van der Waals surface area contributed by atoms with Crippen LogP contribution in [0.4, 0.5) is 0 Å². The molecule has 0 aromatic carbocycles. The second kappa shape index (κ2) is 6.88. The lowest BCUT2D eigenvalue weighted by atomic mass is 9.95. The average molecular weight is 239 g/mol. The van der Waals surface area contributed by atoms with Crippen molar-refractivity contribution >= 4 is 19.9 Å². The van der Waals surface area contributed by atoms with E-state index in [0.717, 1.165) is 6.29 Å². The monoisotopic (exact) mass is 239 g/mol. The van der Waals surface area contributed by atoms with E-state index in [-0.39, 0.29) is 42.9 Å². The van der Waals surface area contributed by atoms with Gasteiger partial charge in [-0.05, 0) is 13.3 Å². The number of Topliss-reactive ketones (excluding diaryl/α,β-unsaturated/α-hetero) is 1. The Hall–Kier alpha value is -0.715. The van der Waals surface area contributed by atoms with E-state index in [1.807, 2.05) is 0 Å². The average Bonchev–Trinajstić information content (AvgIpc) is 2.55. The second-order valence-electron chi connectivity index (χ2n) is 4.45. The van der Waals surface area contributed by atoms with Crippen LogP contribution in [0.3, 0.4) is 0 Å². The van der Waals surface area contributed by atoms with Gasteiger partial charge >= 0.3 is 0 Å². The molecule has 0 spiro atoms. The van der Waals surface area contributed by atoms with Crippen molar-refractivity contribution in [2.45, 2.75) is 37.9 Å². The van der Waals surface area contributed by atoms with Gasteiger partial charge in [0.2, 0.25) is 0 Å². The van der Waals surface area contributed by atoms with Crippen LogP contribution in [0.1, 0.15) is 19.8 Å². The zero-order chi connectivity index (χ0) is 12.8. The lowest BCUT2D eigenvalue weighted by Gasteiger charge is -2.16. The first-order valence-electron chi connectivity index (χ1n) is 5.72. The van der Waals surface area contributed by atoms with E-state index in [1.54, 1.807) is 0 Å². The Morgan fingerprint density at radius 2 is 2.41 bits per heavy atom. The van der Waals surface area contributed by atoms with Crippen LogP contribution in [0.2, 0.25) is 0 Å². The molecular formula is C11H18BNO4. The number of hydrogen-bond donors (Lipinski definition) is 1. The molecule has 1 rings (SSSR count). The van der Waals surface area contributed by atoms with E-state index in [9.17, 15) is 9.59 Å². The molecule has 0 amide bonds. The zero-order valence-corrected chi connectivity index (χ0v) is 10.0. The largest absolute Gasteiger partial charge is 0.381 e. The molecule has 1 aliphatic rings. The van der Waals surface area contributed by atoms with Gasteiger partial charge in [0.25, 0.3) is 0 Å². The van der Waals surface area contributed by atoms with Crippen molar-refractivity contribution in [3.63, 3.8) is 0 Å². The van der Waals surface area contributed by atoms with Gasteiger partial charge in [0.1, 0.15) is 19.9 Å². The summed E-state index contributed by atoms with van der Waals surface area (Å²) in [7, 11) is 5.58. The van der Waals surface area contributed by atoms with Gasteiger partial charge in [-0.1, -0.05) is 0 Å². The van der Waals surface area contributed by atoms with E-state index in [0.29, 0.717) is 13.0 Å². The van der Waals surface area contributed by atoms with Crippen molar-refractivity contribution in [3.8, 4) is 0 Å². The summed E-state index contributed by atoms with van der Waals surface area (Å²) in [6.07, 6.45) is 1.33. The fraction of sp³-hybridized carbons (Fsp3) is 0.818. The van der Waals surface area contributed by atoms with Crippen LogP contribution in [0.5, 0.6) is 0 Å². The summed E-state index contributed by atoms with van der Waals surface area (Å²) in [5, 5.41) is 0. The Morgan fingerprint density at radius 3 is 2.88 bits per heavy atom. The molecule has 17 heavy (non-hydrogen) atoms. The normalized spacial score (nSPS) is 30.1. The summed E-state index contributed by atoms with van der Waals surface area (Å²) < 4.78 is 10.7. The standard InChI is InChI=1S/C11H18BNO4/c1-7(15)2-8(4-14)5-16-6-10-9(13)3-11(12)17-10/h4,8-11H,2-3,5-6,13H2,1H3/t8?,9-,10+,11+/m0/s1. The minimum Gasteiger partial charge on any atom is -0.381 e. The van der Waals surface area contributed by atoms with Crippen LogP contribution >= 0.6 is 0 Å². The summed E-state index contributed by atoms with van der Waals surface area (Å²) in [6.45, 7) is 1.97. The summed E-state index contributed by atoms with van der Waals surface area (Å²) in [5.41, 5.74) is 5.79. The van der Waals surface area contributed by atoms with Crippen molar-refractivity contribution in [3.05, 3.63) is 0 Å². The maximum Gasteiger partial charge on any atom is 0.130 e. The van der Waals surface area contributed by atoms with Gasteiger partial charge in [0.15, 0.2) is 0 Å². The Morgan fingerprint density at radius 1 is 1.71 bits per heavy atom. The number of rotatable bonds is 7. The smallest absolute Gasteiger partial charge is 0.130 e. The molecule has 4 atom stereocenters. The SMILES string of the molecule is [B][C@H]1C[C@H](N)[C@@H](COCC(C=O)CC(C)=O)O1. The maximum atomic E-state index is 10.9. The van der Waals surface area contributed by atoms with Crippen LogP contribution in [-0.4, -0.2) is 51.3 Å². The third-order valence-corrected chi connectivity index (χ3v) is 2.69. The molecule has 1 unspecified atom stereocenters. The first kappa shape index (κ1) is 14.3. The highest BCUT2D eigenvalue weighted by molar-refractivity contribution is 6.11.